The number of carbonyl (C=O) groups is 1. The van der Waals surface area contributed by atoms with Crippen LogP contribution in [0.1, 0.15) is 19.3 Å². The highest BCUT2D eigenvalue weighted by Crippen LogP contribution is 1.99. The molecular weight excluding hydrogens is 148 g/mol. The van der Waals surface area contributed by atoms with Gasteiger partial charge in [-0.1, -0.05) is 24.8 Å². The molecule has 0 aromatic heterocycles. The summed E-state index contributed by atoms with van der Waals surface area (Å²) in [5.74, 6) is 0. The molecular formula is C8H11ClO. The van der Waals surface area contributed by atoms with Crippen LogP contribution in [0.3, 0.4) is 0 Å². The number of hydrogen-bond donors (Lipinski definition) is 0. The van der Waals surface area contributed by atoms with Gasteiger partial charge in [-0.3, -0.25) is 4.79 Å². The summed E-state index contributed by atoms with van der Waals surface area (Å²) in [5.41, 5.74) is 0. The first-order valence-electron chi connectivity index (χ1n) is 3.23. The van der Waals surface area contributed by atoms with E-state index in [0.717, 1.165) is 12.8 Å². The van der Waals surface area contributed by atoms with Crippen molar-refractivity contribution in [2.45, 2.75) is 19.3 Å². The summed E-state index contributed by atoms with van der Waals surface area (Å²) < 4.78 is 0. The van der Waals surface area contributed by atoms with Crippen molar-refractivity contribution in [1.29, 1.82) is 0 Å². The highest BCUT2D eigenvalue weighted by Gasteiger charge is 1.91. The highest BCUT2D eigenvalue weighted by atomic mass is 35.5. The summed E-state index contributed by atoms with van der Waals surface area (Å²) >= 11 is 5.11. The Hall–Kier alpha value is -0.560. The van der Waals surface area contributed by atoms with Crippen molar-refractivity contribution in [2.75, 3.05) is 0 Å². The quantitative estimate of drug-likeness (QED) is 0.342. The maximum absolute atomic E-state index is 10.2. The first-order chi connectivity index (χ1) is 4.77. The molecule has 2 heteroatoms. The molecule has 0 spiro atoms. The molecule has 0 fully saturated rings. The number of rotatable bonds is 5. The Balaban J connectivity index is 3.12. The molecule has 0 saturated carbocycles. The first-order valence-corrected chi connectivity index (χ1v) is 3.61. The fourth-order valence-electron chi connectivity index (χ4n) is 0.551. The normalized spacial score (nSPS) is 10.1. The van der Waals surface area contributed by atoms with Gasteiger partial charge < -0.3 is 0 Å². The van der Waals surface area contributed by atoms with Gasteiger partial charge in [-0.15, -0.1) is 0 Å². The molecule has 0 N–H and O–H groups in total. The second-order valence-electron chi connectivity index (χ2n) is 1.91. The van der Waals surface area contributed by atoms with Gasteiger partial charge in [0, 0.05) is 6.42 Å². The van der Waals surface area contributed by atoms with Crippen molar-refractivity contribution < 1.29 is 4.79 Å². The van der Waals surface area contributed by atoms with E-state index in [2.05, 4.69) is 6.58 Å². The third-order valence-corrected chi connectivity index (χ3v) is 1.21. The van der Waals surface area contributed by atoms with Crippen LogP contribution in [0.15, 0.2) is 24.8 Å². The standard InChI is InChI=1S/C8H11ClO/c1-2-3-4-5-6-7-8(9)10/h2-4H,1,5-7H2/b4-3+. The van der Waals surface area contributed by atoms with Crippen molar-refractivity contribution in [3.63, 3.8) is 0 Å². The van der Waals surface area contributed by atoms with E-state index in [-0.39, 0.29) is 5.24 Å². The minimum atomic E-state index is -0.257. The lowest BCUT2D eigenvalue weighted by atomic mass is 10.2. The molecule has 1 nitrogen and oxygen atoms in total. The fraction of sp³-hybridized carbons (Fsp3) is 0.375. The Morgan fingerprint density at radius 2 is 2.30 bits per heavy atom. The van der Waals surface area contributed by atoms with Crippen molar-refractivity contribution in [2.24, 2.45) is 0 Å². The van der Waals surface area contributed by atoms with Crippen LogP contribution in [-0.2, 0) is 4.79 Å². The predicted molar refractivity (Wildman–Crippen MR) is 44.0 cm³/mol. The van der Waals surface area contributed by atoms with E-state index in [9.17, 15) is 4.79 Å². The van der Waals surface area contributed by atoms with E-state index < -0.39 is 0 Å². The van der Waals surface area contributed by atoms with E-state index >= 15 is 0 Å². The summed E-state index contributed by atoms with van der Waals surface area (Å²) in [4.78, 5) is 10.2. The number of allylic oxidation sites excluding steroid dienone is 3. The van der Waals surface area contributed by atoms with Crippen LogP contribution in [0.5, 0.6) is 0 Å². The zero-order valence-corrected chi connectivity index (χ0v) is 6.60. The van der Waals surface area contributed by atoms with Crippen LogP contribution in [0.4, 0.5) is 0 Å². The summed E-state index contributed by atoms with van der Waals surface area (Å²) in [6.07, 6.45) is 7.72. The molecule has 0 amide bonds. The Morgan fingerprint density at radius 3 is 2.80 bits per heavy atom. The molecule has 0 unspecified atom stereocenters. The molecule has 0 heterocycles. The lowest BCUT2D eigenvalue weighted by Gasteiger charge is -1.87. The minimum Gasteiger partial charge on any atom is -0.281 e. The van der Waals surface area contributed by atoms with Gasteiger partial charge in [0.1, 0.15) is 0 Å². The smallest absolute Gasteiger partial charge is 0.221 e. The maximum atomic E-state index is 10.2. The van der Waals surface area contributed by atoms with Crippen molar-refractivity contribution in [1.82, 2.24) is 0 Å². The lowest BCUT2D eigenvalue weighted by Crippen LogP contribution is -1.83. The number of carbonyl (C=O) groups excluding carboxylic acids is 1. The summed E-state index contributed by atoms with van der Waals surface area (Å²) in [7, 11) is 0. The van der Waals surface area contributed by atoms with E-state index in [4.69, 9.17) is 11.6 Å². The molecule has 0 aliphatic carbocycles. The number of unbranched alkanes of at least 4 members (excludes halogenated alkanes) is 1. The van der Waals surface area contributed by atoms with Crippen LogP contribution in [0, 0.1) is 0 Å². The molecule has 0 radical (unpaired) electrons. The Kier molecular flexibility index (Phi) is 6.19. The van der Waals surface area contributed by atoms with Gasteiger partial charge in [0.2, 0.25) is 5.24 Å². The SMILES string of the molecule is C=C/C=C/CCCC(=O)Cl. The molecule has 0 aromatic rings. The van der Waals surface area contributed by atoms with Crippen LogP contribution >= 0.6 is 11.6 Å². The molecule has 0 aliphatic heterocycles. The Bertz CT molecular complexity index is 138. The van der Waals surface area contributed by atoms with Gasteiger partial charge in [0.05, 0.1) is 0 Å². The Morgan fingerprint density at radius 1 is 1.60 bits per heavy atom. The van der Waals surface area contributed by atoms with Crippen molar-refractivity contribution in [3.05, 3.63) is 24.8 Å². The van der Waals surface area contributed by atoms with Gasteiger partial charge >= 0.3 is 0 Å². The van der Waals surface area contributed by atoms with Gasteiger partial charge in [-0.25, -0.2) is 0 Å². The topological polar surface area (TPSA) is 17.1 Å². The minimum absolute atomic E-state index is 0.257. The van der Waals surface area contributed by atoms with Crippen LogP contribution in [-0.4, -0.2) is 5.24 Å². The lowest BCUT2D eigenvalue weighted by molar-refractivity contribution is -0.111. The van der Waals surface area contributed by atoms with E-state index in [1.807, 2.05) is 12.2 Å². The Labute approximate surface area is 66.4 Å². The monoisotopic (exact) mass is 158 g/mol. The largest absolute Gasteiger partial charge is 0.281 e. The fourth-order valence-corrected chi connectivity index (χ4v) is 0.685. The molecule has 0 aliphatic rings. The highest BCUT2D eigenvalue weighted by molar-refractivity contribution is 6.63. The van der Waals surface area contributed by atoms with Gasteiger partial charge in [0.25, 0.3) is 0 Å². The average molecular weight is 159 g/mol. The zero-order chi connectivity index (χ0) is 7.82. The molecule has 56 valence electrons. The molecule has 10 heavy (non-hydrogen) atoms. The maximum Gasteiger partial charge on any atom is 0.221 e. The molecule has 0 atom stereocenters. The second kappa shape index (κ2) is 6.56. The van der Waals surface area contributed by atoms with Crippen LogP contribution in [0.25, 0.3) is 0 Å². The first kappa shape index (κ1) is 9.44. The molecule has 0 saturated heterocycles. The number of hydrogen-bond acceptors (Lipinski definition) is 1. The van der Waals surface area contributed by atoms with Crippen LogP contribution < -0.4 is 0 Å². The molecule has 0 aromatic carbocycles. The van der Waals surface area contributed by atoms with Crippen LogP contribution in [0.2, 0.25) is 0 Å². The van der Waals surface area contributed by atoms with E-state index in [1.165, 1.54) is 0 Å². The van der Waals surface area contributed by atoms with Gasteiger partial charge in [-0.2, -0.15) is 0 Å². The van der Waals surface area contributed by atoms with E-state index in [1.54, 1.807) is 6.08 Å². The predicted octanol–water partition coefficient (Wildman–Crippen LogP) is 2.66. The third kappa shape index (κ3) is 7.44. The molecule has 0 bridgehead atoms. The third-order valence-electron chi connectivity index (χ3n) is 1.02. The zero-order valence-electron chi connectivity index (χ0n) is 5.85. The molecule has 0 rings (SSSR count). The van der Waals surface area contributed by atoms with E-state index in [0.29, 0.717) is 6.42 Å². The average Bonchev–Trinajstić information content (AvgIpc) is 1.87. The summed E-state index contributed by atoms with van der Waals surface area (Å²) in [5, 5.41) is -0.257. The summed E-state index contributed by atoms with van der Waals surface area (Å²) in [6, 6.07) is 0. The number of halogens is 1. The van der Waals surface area contributed by atoms with Crippen molar-refractivity contribution in [3.8, 4) is 0 Å². The van der Waals surface area contributed by atoms with Crippen molar-refractivity contribution >= 4 is 16.8 Å². The van der Waals surface area contributed by atoms with Gasteiger partial charge in [0.15, 0.2) is 0 Å². The summed E-state index contributed by atoms with van der Waals surface area (Å²) in [6.45, 7) is 3.51. The second-order valence-corrected chi connectivity index (χ2v) is 2.33. The van der Waals surface area contributed by atoms with Gasteiger partial charge in [-0.05, 0) is 24.4 Å².